The van der Waals surface area contributed by atoms with Gasteiger partial charge in [0.15, 0.2) is 0 Å². The van der Waals surface area contributed by atoms with Crippen LogP contribution in [0.1, 0.15) is 46.2 Å². The highest BCUT2D eigenvalue weighted by Gasteiger charge is 2.27. The monoisotopic (exact) mass is 479 g/mol. The predicted octanol–water partition coefficient (Wildman–Crippen LogP) is 4.61. The van der Waals surface area contributed by atoms with E-state index < -0.39 is 16.0 Å². The molecule has 1 N–H and O–H groups in total. The molecule has 1 heterocycles. The van der Waals surface area contributed by atoms with E-state index in [2.05, 4.69) is 4.72 Å². The molecule has 2 aliphatic rings. The first-order valence-corrected chi connectivity index (χ1v) is 13.8. The predicted molar refractivity (Wildman–Crippen MR) is 125 cm³/mol. The van der Waals surface area contributed by atoms with Crippen molar-refractivity contribution in [1.82, 2.24) is 4.72 Å². The number of hydrogen-bond donors (Lipinski definition) is 1. The first-order chi connectivity index (χ1) is 15.0. The summed E-state index contributed by atoms with van der Waals surface area (Å²) in [7, 11) is -2.41. The van der Waals surface area contributed by atoms with E-state index >= 15 is 0 Å². The molecule has 1 aliphatic carbocycles. The molecule has 1 saturated heterocycles. The molecule has 1 aliphatic heterocycles. The van der Waals surface area contributed by atoms with E-state index in [9.17, 15) is 13.2 Å². The van der Waals surface area contributed by atoms with Crippen molar-refractivity contribution in [2.75, 3.05) is 18.6 Å². The lowest BCUT2D eigenvalue weighted by molar-refractivity contribution is 0.0734. The number of sulfonamides is 1. The Hall–Kier alpha value is -1.68. The van der Waals surface area contributed by atoms with Gasteiger partial charge in [-0.3, -0.25) is 0 Å². The van der Waals surface area contributed by atoms with Gasteiger partial charge >= 0.3 is 5.97 Å². The minimum Gasteiger partial charge on any atom is -0.495 e. The van der Waals surface area contributed by atoms with E-state index in [1.54, 1.807) is 12.1 Å². The second-order valence-corrected chi connectivity index (χ2v) is 11.9. The fourth-order valence-electron chi connectivity index (χ4n) is 3.75. The van der Waals surface area contributed by atoms with Crippen molar-refractivity contribution in [1.29, 1.82) is 0 Å². The summed E-state index contributed by atoms with van der Waals surface area (Å²) >= 11 is 3.82. The van der Waals surface area contributed by atoms with Crippen LogP contribution in [0.2, 0.25) is 0 Å². The van der Waals surface area contributed by atoms with E-state index in [1.807, 2.05) is 35.7 Å². The lowest BCUT2D eigenvalue weighted by Crippen LogP contribution is -2.33. The van der Waals surface area contributed by atoms with Gasteiger partial charge in [0.1, 0.15) is 16.4 Å². The van der Waals surface area contributed by atoms with Crippen LogP contribution in [0.15, 0.2) is 47.4 Å². The van der Waals surface area contributed by atoms with Crippen molar-refractivity contribution in [3.05, 3.63) is 53.6 Å². The number of rotatable bonds is 7. The number of hydrogen-bond acceptors (Lipinski definition) is 7. The van der Waals surface area contributed by atoms with E-state index in [0.717, 1.165) is 37.2 Å². The molecular weight excluding hydrogens is 454 g/mol. The normalized spacial score (nSPS) is 17.7. The average Bonchev–Trinajstić information content (AvgIpc) is 3.48. The van der Waals surface area contributed by atoms with Gasteiger partial charge in [0, 0.05) is 17.5 Å². The molecule has 4 rings (SSSR count). The minimum absolute atomic E-state index is 0.0537. The Labute approximate surface area is 191 Å². The van der Waals surface area contributed by atoms with Crippen LogP contribution in [-0.4, -0.2) is 39.0 Å². The number of thioether (sulfide) groups is 2. The fraction of sp³-hybridized carbons (Fsp3) is 0.409. The highest BCUT2D eigenvalue weighted by Crippen LogP contribution is 2.45. The third-order valence-electron chi connectivity index (χ3n) is 5.35. The van der Waals surface area contributed by atoms with Crippen LogP contribution in [0.5, 0.6) is 11.5 Å². The molecule has 0 radical (unpaired) electrons. The highest BCUT2D eigenvalue weighted by molar-refractivity contribution is 8.19. The molecule has 0 bridgehead atoms. The second kappa shape index (κ2) is 9.85. The lowest BCUT2D eigenvalue weighted by atomic mass is 10.2. The number of carbonyl (C=O) groups excluding carboxylic acids is 1. The zero-order chi connectivity index (χ0) is 21.8. The number of nitrogens with one attached hydrogen (secondary N) is 1. The quantitative estimate of drug-likeness (QED) is 0.459. The van der Waals surface area contributed by atoms with E-state index in [4.69, 9.17) is 9.47 Å². The topological polar surface area (TPSA) is 81.7 Å². The van der Waals surface area contributed by atoms with Crippen LogP contribution in [-0.2, 0) is 10.0 Å². The number of benzene rings is 2. The summed E-state index contributed by atoms with van der Waals surface area (Å²) in [4.78, 5) is 12.6. The van der Waals surface area contributed by atoms with Gasteiger partial charge in [0.05, 0.1) is 17.3 Å². The Bertz CT molecular complexity index is 1030. The molecule has 2 aromatic carbocycles. The van der Waals surface area contributed by atoms with Crippen LogP contribution in [0.4, 0.5) is 0 Å². The number of ether oxygens (including phenoxy) is 2. The third kappa shape index (κ3) is 5.39. The lowest BCUT2D eigenvalue weighted by Gasteiger charge is -2.15. The van der Waals surface area contributed by atoms with Gasteiger partial charge in [0.2, 0.25) is 10.0 Å². The highest BCUT2D eigenvalue weighted by atomic mass is 32.2. The third-order valence-corrected chi connectivity index (χ3v) is 10.00. The van der Waals surface area contributed by atoms with Gasteiger partial charge < -0.3 is 9.47 Å². The number of esters is 1. The maximum Gasteiger partial charge on any atom is 0.343 e. The maximum absolute atomic E-state index is 12.9. The summed E-state index contributed by atoms with van der Waals surface area (Å²) in [6.07, 6.45) is 3.65. The largest absolute Gasteiger partial charge is 0.495 e. The minimum atomic E-state index is -3.82. The van der Waals surface area contributed by atoms with Gasteiger partial charge in [-0.2, -0.15) is 0 Å². The maximum atomic E-state index is 12.9. The van der Waals surface area contributed by atoms with Crippen molar-refractivity contribution < 1.29 is 22.7 Å². The van der Waals surface area contributed by atoms with Crippen molar-refractivity contribution in [3.63, 3.8) is 0 Å². The van der Waals surface area contributed by atoms with Gasteiger partial charge in [0.25, 0.3) is 0 Å². The molecule has 9 heteroatoms. The van der Waals surface area contributed by atoms with Crippen LogP contribution in [0.25, 0.3) is 0 Å². The summed E-state index contributed by atoms with van der Waals surface area (Å²) in [5, 5.41) is 0. The Balaban J connectivity index is 1.50. The van der Waals surface area contributed by atoms with Gasteiger partial charge in [-0.25, -0.2) is 17.9 Å². The zero-order valence-electron chi connectivity index (χ0n) is 17.2. The molecule has 0 atom stereocenters. The van der Waals surface area contributed by atoms with E-state index in [-0.39, 0.29) is 22.3 Å². The summed E-state index contributed by atoms with van der Waals surface area (Å²) in [5.74, 6) is 2.29. The van der Waals surface area contributed by atoms with Crippen molar-refractivity contribution in [2.24, 2.45) is 0 Å². The van der Waals surface area contributed by atoms with Crippen molar-refractivity contribution in [2.45, 2.75) is 41.2 Å². The van der Waals surface area contributed by atoms with Crippen LogP contribution in [0, 0.1) is 0 Å². The molecule has 0 amide bonds. The molecule has 0 unspecified atom stereocenters. The molecule has 1 saturated carbocycles. The van der Waals surface area contributed by atoms with Gasteiger partial charge in [-0.1, -0.05) is 25.0 Å². The first-order valence-electron chi connectivity index (χ1n) is 10.2. The molecule has 166 valence electrons. The van der Waals surface area contributed by atoms with Gasteiger partial charge in [-0.05, 0) is 48.7 Å². The Kier molecular flexibility index (Phi) is 7.15. The van der Waals surface area contributed by atoms with Crippen LogP contribution in [0.3, 0.4) is 0 Å². The Morgan fingerprint density at radius 3 is 2.35 bits per heavy atom. The first kappa shape index (κ1) is 22.5. The molecule has 2 fully saturated rings. The fourth-order valence-corrected chi connectivity index (χ4v) is 8.11. The summed E-state index contributed by atoms with van der Waals surface area (Å²) in [6.45, 7) is 0. The molecule has 0 aromatic heterocycles. The van der Waals surface area contributed by atoms with E-state index in [1.165, 1.54) is 30.9 Å². The summed E-state index contributed by atoms with van der Waals surface area (Å²) < 4.78 is 39.7. The summed E-state index contributed by atoms with van der Waals surface area (Å²) in [6, 6.07) is 11.7. The van der Waals surface area contributed by atoms with Crippen LogP contribution < -0.4 is 14.2 Å². The molecule has 31 heavy (non-hydrogen) atoms. The van der Waals surface area contributed by atoms with Crippen LogP contribution >= 0.6 is 23.5 Å². The summed E-state index contributed by atoms with van der Waals surface area (Å²) in [5.41, 5.74) is 1.35. The molecule has 0 spiro atoms. The van der Waals surface area contributed by atoms with E-state index in [0.29, 0.717) is 10.3 Å². The van der Waals surface area contributed by atoms with Crippen molar-refractivity contribution in [3.8, 4) is 11.5 Å². The Morgan fingerprint density at radius 2 is 1.71 bits per heavy atom. The molecular formula is C22H25NO5S3. The van der Waals surface area contributed by atoms with Crippen molar-refractivity contribution >= 4 is 39.5 Å². The average molecular weight is 480 g/mol. The molecule has 6 nitrogen and oxygen atoms in total. The zero-order valence-corrected chi connectivity index (χ0v) is 19.7. The standard InChI is InChI=1S/C22H25NO5S3/c1-27-19-11-8-16(14-20(19)31(25,26)23-17-4-2-3-5-17)21(24)28-18-9-6-15(7-10-18)22-29-12-13-30-22/h6-11,14,17,22-23H,2-5,12-13H2,1H3. The smallest absolute Gasteiger partial charge is 0.343 e. The SMILES string of the molecule is COc1ccc(C(=O)Oc2ccc(C3SCCS3)cc2)cc1S(=O)(=O)NC1CCCC1. The van der Waals surface area contributed by atoms with Gasteiger partial charge in [-0.15, -0.1) is 23.5 Å². The number of carbonyl (C=O) groups is 1. The Morgan fingerprint density at radius 1 is 1.03 bits per heavy atom. The second-order valence-electron chi connectivity index (χ2n) is 7.50. The number of methoxy groups -OCH3 is 1. The molecule has 2 aromatic rings.